The molecule has 94 valence electrons. The minimum atomic E-state index is -1.17. The molecule has 2 aromatic rings. The van der Waals surface area contributed by atoms with Crippen molar-refractivity contribution < 1.29 is 13.9 Å². The van der Waals surface area contributed by atoms with Gasteiger partial charge in [0.25, 0.3) is 0 Å². The van der Waals surface area contributed by atoms with E-state index in [0.29, 0.717) is 5.56 Å². The molecule has 0 aliphatic rings. The Morgan fingerprint density at radius 1 is 1.11 bits per heavy atom. The monoisotopic (exact) mass is 312 g/mol. The highest BCUT2D eigenvalue weighted by Crippen LogP contribution is 2.29. The van der Waals surface area contributed by atoms with E-state index in [1.54, 1.807) is 19.1 Å². The average Bonchev–Trinajstić information content (AvgIpc) is 2.32. The highest BCUT2D eigenvalue weighted by Gasteiger charge is 2.18. The van der Waals surface area contributed by atoms with Crippen LogP contribution in [0.15, 0.2) is 40.9 Å². The van der Waals surface area contributed by atoms with Gasteiger partial charge in [-0.3, -0.25) is 0 Å². The lowest BCUT2D eigenvalue weighted by Crippen LogP contribution is -2.05. The minimum Gasteiger partial charge on any atom is -0.384 e. The summed E-state index contributed by atoms with van der Waals surface area (Å²) in [7, 11) is 0. The van der Waals surface area contributed by atoms with E-state index in [2.05, 4.69) is 15.9 Å². The molecule has 1 unspecified atom stereocenters. The standard InChI is InChI=1S/C14H11BrF2O/c1-8-7-9(15)5-6-10(8)14(18)11-3-2-4-12(16)13(11)17/h2-7,14,18H,1H3. The van der Waals surface area contributed by atoms with E-state index in [-0.39, 0.29) is 5.56 Å². The van der Waals surface area contributed by atoms with Crippen LogP contribution in [0.25, 0.3) is 0 Å². The minimum absolute atomic E-state index is 0.0552. The smallest absolute Gasteiger partial charge is 0.164 e. The fraction of sp³-hybridized carbons (Fsp3) is 0.143. The van der Waals surface area contributed by atoms with E-state index in [9.17, 15) is 13.9 Å². The summed E-state index contributed by atoms with van der Waals surface area (Å²) in [5.74, 6) is -1.96. The van der Waals surface area contributed by atoms with Crippen LogP contribution in [-0.2, 0) is 0 Å². The van der Waals surface area contributed by atoms with Crippen molar-refractivity contribution in [3.05, 3.63) is 69.2 Å². The molecule has 0 spiro atoms. The quantitative estimate of drug-likeness (QED) is 0.884. The number of aryl methyl sites for hydroxylation is 1. The maximum Gasteiger partial charge on any atom is 0.164 e. The third-order valence-electron chi connectivity index (χ3n) is 2.80. The zero-order valence-corrected chi connectivity index (χ0v) is 11.2. The SMILES string of the molecule is Cc1cc(Br)ccc1C(O)c1cccc(F)c1F. The van der Waals surface area contributed by atoms with E-state index < -0.39 is 17.7 Å². The van der Waals surface area contributed by atoms with Gasteiger partial charge in [0.2, 0.25) is 0 Å². The Labute approximate surface area is 112 Å². The second kappa shape index (κ2) is 5.16. The summed E-state index contributed by atoms with van der Waals surface area (Å²) in [6.07, 6.45) is -1.17. The van der Waals surface area contributed by atoms with E-state index in [1.807, 2.05) is 6.07 Å². The Bertz CT molecular complexity index is 584. The Kier molecular flexibility index (Phi) is 3.78. The Hall–Kier alpha value is -1.26. The van der Waals surface area contributed by atoms with Crippen molar-refractivity contribution in [2.24, 2.45) is 0 Å². The molecule has 0 bridgehead atoms. The molecule has 1 atom stereocenters. The average molecular weight is 313 g/mol. The van der Waals surface area contributed by atoms with Crippen LogP contribution in [0.3, 0.4) is 0 Å². The lowest BCUT2D eigenvalue weighted by molar-refractivity contribution is 0.212. The number of rotatable bonds is 2. The van der Waals surface area contributed by atoms with Gasteiger partial charge in [-0.2, -0.15) is 0 Å². The van der Waals surface area contributed by atoms with Gasteiger partial charge < -0.3 is 5.11 Å². The molecule has 0 saturated heterocycles. The first kappa shape index (κ1) is 13.2. The lowest BCUT2D eigenvalue weighted by Gasteiger charge is -2.15. The summed E-state index contributed by atoms with van der Waals surface area (Å²) < 4.78 is 27.6. The van der Waals surface area contributed by atoms with Gasteiger partial charge >= 0.3 is 0 Å². The Morgan fingerprint density at radius 3 is 2.50 bits per heavy atom. The largest absolute Gasteiger partial charge is 0.384 e. The normalized spacial score (nSPS) is 12.5. The van der Waals surface area contributed by atoms with Crippen LogP contribution in [0.2, 0.25) is 0 Å². The van der Waals surface area contributed by atoms with Crippen LogP contribution in [0.5, 0.6) is 0 Å². The molecule has 0 aromatic heterocycles. The van der Waals surface area contributed by atoms with Gasteiger partial charge in [-0.15, -0.1) is 0 Å². The van der Waals surface area contributed by atoms with Crippen molar-refractivity contribution in [3.8, 4) is 0 Å². The maximum absolute atomic E-state index is 13.6. The second-order valence-electron chi connectivity index (χ2n) is 4.05. The molecule has 0 aliphatic heterocycles. The van der Waals surface area contributed by atoms with Crippen molar-refractivity contribution in [1.82, 2.24) is 0 Å². The number of halogens is 3. The third kappa shape index (κ3) is 2.44. The summed E-state index contributed by atoms with van der Waals surface area (Å²) in [5.41, 5.74) is 1.31. The predicted octanol–water partition coefficient (Wildman–Crippen LogP) is 4.12. The molecule has 1 N–H and O–H groups in total. The van der Waals surface area contributed by atoms with Crippen molar-refractivity contribution in [2.45, 2.75) is 13.0 Å². The van der Waals surface area contributed by atoms with Crippen LogP contribution in [0, 0.1) is 18.6 Å². The molecule has 18 heavy (non-hydrogen) atoms. The molecular weight excluding hydrogens is 302 g/mol. The van der Waals surface area contributed by atoms with Crippen LogP contribution >= 0.6 is 15.9 Å². The van der Waals surface area contributed by atoms with Crippen LogP contribution in [-0.4, -0.2) is 5.11 Å². The summed E-state index contributed by atoms with van der Waals surface area (Å²) in [4.78, 5) is 0. The van der Waals surface area contributed by atoms with Gasteiger partial charge in [0.05, 0.1) is 0 Å². The highest BCUT2D eigenvalue weighted by molar-refractivity contribution is 9.10. The molecule has 0 radical (unpaired) electrons. The van der Waals surface area contributed by atoms with E-state index in [4.69, 9.17) is 0 Å². The first-order valence-electron chi connectivity index (χ1n) is 5.38. The topological polar surface area (TPSA) is 20.2 Å². The Morgan fingerprint density at radius 2 is 1.83 bits per heavy atom. The summed E-state index contributed by atoms with van der Waals surface area (Å²) in [6.45, 7) is 1.81. The molecule has 0 saturated carbocycles. The number of benzene rings is 2. The molecule has 0 amide bonds. The zero-order chi connectivity index (χ0) is 13.3. The molecule has 0 aliphatic carbocycles. The zero-order valence-electron chi connectivity index (χ0n) is 9.62. The second-order valence-corrected chi connectivity index (χ2v) is 4.96. The highest BCUT2D eigenvalue weighted by atomic mass is 79.9. The molecule has 2 aromatic carbocycles. The van der Waals surface area contributed by atoms with Crippen molar-refractivity contribution in [1.29, 1.82) is 0 Å². The van der Waals surface area contributed by atoms with Crippen molar-refractivity contribution in [2.75, 3.05) is 0 Å². The molecule has 0 fully saturated rings. The van der Waals surface area contributed by atoms with Crippen molar-refractivity contribution in [3.63, 3.8) is 0 Å². The lowest BCUT2D eigenvalue weighted by atomic mass is 9.97. The predicted molar refractivity (Wildman–Crippen MR) is 69.3 cm³/mol. The number of hydrogen-bond donors (Lipinski definition) is 1. The number of hydrogen-bond acceptors (Lipinski definition) is 1. The van der Waals surface area contributed by atoms with Crippen LogP contribution in [0.1, 0.15) is 22.8 Å². The molecule has 2 rings (SSSR count). The van der Waals surface area contributed by atoms with Crippen LogP contribution < -0.4 is 0 Å². The van der Waals surface area contributed by atoms with Crippen molar-refractivity contribution >= 4 is 15.9 Å². The molecule has 4 heteroatoms. The maximum atomic E-state index is 13.6. The van der Waals surface area contributed by atoms with E-state index in [0.717, 1.165) is 16.1 Å². The Balaban J connectivity index is 2.48. The fourth-order valence-electron chi connectivity index (χ4n) is 1.85. The van der Waals surface area contributed by atoms with Gasteiger partial charge in [-0.05, 0) is 36.2 Å². The number of aliphatic hydroxyl groups is 1. The van der Waals surface area contributed by atoms with Gasteiger partial charge in [0.1, 0.15) is 6.10 Å². The van der Waals surface area contributed by atoms with E-state index >= 15 is 0 Å². The third-order valence-corrected chi connectivity index (χ3v) is 3.30. The summed E-state index contributed by atoms with van der Waals surface area (Å²) >= 11 is 3.31. The first-order chi connectivity index (χ1) is 8.50. The molecule has 1 nitrogen and oxygen atoms in total. The summed E-state index contributed by atoms with van der Waals surface area (Å²) in [5, 5.41) is 10.1. The van der Waals surface area contributed by atoms with Gasteiger partial charge in [-0.25, -0.2) is 8.78 Å². The van der Waals surface area contributed by atoms with Gasteiger partial charge in [0.15, 0.2) is 11.6 Å². The van der Waals surface area contributed by atoms with Gasteiger partial charge in [-0.1, -0.05) is 34.1 Å². The first-order valence-corrected chi connectivity index (χ1v) is 6.18. The summed E-state index contributed by atoms with van der Waals surface area (Å²) in [6, 6.07) is 9.04. The fourth-order valence-corrected chi connectivity index (χ4v) is 2.32. The van der Waals surface area contributed by atoms with E-state index in [1.165, 1.54) is 12.1 Å². The van der Waals surface area contributed by atoms with Crippen LogP contribution in [0.4, 0.5) is 8.78 Å². The molecule has 0 heterocycles. The molecular formula is C14H11BrF2O. The van der Waals surface area contributed by atoms with Gasteiger partial charge in [0, 0.05) is 10.0 Å². The number of aliphatic hydroxyl groups excluding tert-OH is 1.